The molecule has 15 heavy (non-hydrogen) atoms. The van der Waals surface area contributed by atoms with E-state index >= 15 is 0 Å². The van der Waals surface area contributed by atoms with Crippen LogP contribution in [0, 0.1) is 0 Å². The van der Waals surface area contributed by atoms with Crippen molar-refractivity contribution in [2.24, 2.45) is 0 Å². The van der Waals surface area contributed by atoms with Gasteiger partial charge in [-0.05, 0) is 6.42 Å². The standard InChI is InChI=1S/C11H21N3O/c1-6-11(4,5)10-14-13-9(15-10)7-12-8(2)3/h8,12H,6-7H2,1-5H3. The van der Waals surface area contributed by atoms with Gasteiger partial charge in [-0.1, -0.05) is 34.6 Å². The summed E-state index contributed by atoms with van der Waals surface area (Å²) in [5.74, 6) is 1.39. The Kier molecular flexibility index (Phi) is 3.85. The molecule has 0 aliphatic heterocycles. The highest BCUT2D eigenvalue weighted by Gasteiger charge is 2.24. The topological polar surface area (TPSA) is 51.0 Å². The van der Waals surface area contributed by atoms with E-state index in [1.54, 1.807) is 0 Å². The molecule has 4 nitrogen and oxygen atoms in total. The second-order valence-electron chi connectivity index (χ2n) is 4.77. The Morgan fingerprint density at radius 3 is 2.53 bits per heavy atom. The van der Waals surface area contributed by atoms with Gasteiger partial charge in [-0.2, -0.15) is 0 Å². The minimum absolute atomic E-state index is 0.0247. The zero-order valence-electron chi connectivity index (χ0n) is 10.3. The fraction of sp³-hybridized carbons (Fsp3) is 0.818. The van der Waals surface area contributed by atoms with E-state index in [0.29, 0.717) is 18.5 Å². The predicted molar refractivity (Wildman–Crippen MR) is 59.6 cm³/mol. The third-order valence-electron chi connectivity index (χ3n) is 2.59. The van der Waals surface area contributed by atoms with E-state index in [0.717, 1.165) is 12.3 Å². The third kappa shape index (κ3) is 3.30. The van der Waals surface area contributed by atoms with Crippen molar-refractivity contribution in [3.63, 3.8) is 0 Å². The molecule has 0 unspecified atom stereocenters. The monoisotopic (exact) mass is 211 g/mol. The Balaban J connectivity index is 2.64. The van der Waals surface area contributed by atoms with Crippen molar-refractivity contribution in [3.8, 4) is 0 Å². The second-order valence-corrected chi connectivity index (χ2v) is 4.77. The van der Waals surface area contributed by atoms with Crippen LogP contribution >= 0.6 is 0 Å². The highest BCUT2D eigenvalue weighted by molar-refractivity contribution is 4.98. The number of aromatic nitrogens is 2. The molecule has 1 heterocycles. The number of hydrogen-bond acceptors (Lipinski definition) is 4. The lowest BCUT2D eigenvalue weighted by atomic mass is 9.90. The Morgan fingerprint density at radius 1 is 1.33 bits per heavy atom. The largest absolute Gasteiger partial charge is 0.423 e. The lowest BCUT2D eigenvalue weighted by Gasteiger charge is -2.16. The molecule has 0 aliphatic rings. The van der Waals surface area contributed by atoms with Crippen molar-refractivity contribution in [2.75, 3.05) is 0 Å². The van der Waals surface area contributed by atoms with E-state index in [-0.39, 0.29) is 5.41 Å². The summed E-state index contributed by atoms with van der Waals surface area (Å²) in [5, 5.41) is 11.4. The van der Waals surface area contributed by atoms with Crippen LogP contribution in [0.5, 0.6) is 0 Å². The second kappa shape index (κ2) is 4.75. The summed E-state index contributed by atoms with van der Waals surface area (Å²) in [4.78, 5) is 0. The normalized spacial score (nSPS) is 12.4. The van der Waals surface area contributed by atoms with Gasteiger partial charge in [0.25, 0.3) is 0 Å². The summed E-state index contributed by atoms with van der Waals surface area (Å²) in [6.07, 6.45) is 0.992. The highest BCUT2D eigenvalue weighted by Crippen LogP contribution is 2.24. The Morgan fingerprint density at radius 2 is 2.00 bits per heavy atom. The molecule has 0 fully saturated rings. The van der Waals surface area contributed by atoms with Gasteiger partial charge in [-0.15, -0.1) is 10.2 Å². The Labute approximate surface area is 91.5 Å². The predicted octanol–water partition coefficient (Wildman–Crippen LogP) is 2.26. The molecule has 1 N–H and O–H groups in total. The average molecular weight is 211 g/mol. The first-order valence-corrected chi connectivity index (χ1v) is 5.52. The molecule has 1 aromatic heterocycles. The number of nitrogens with one attached hydrogen (secondary N) is 1. The van der Waals surface area contributed by atoms with Crippen molar-refractivity contribution in [3.05, 3.63) is 11.8 Å². The minimum atomic E-state index is -0.0247. The van der Waals surface area contributed by atoms with Crippen LogP contribution in [0.3, 0.4) is 0 Å². The molecule has 86 valence electrons. The van der Waals surface area contributed by atoms with E-state index in [2.05, 4.69) is 50.1 Å². The molecule has 0 spiro atoms. The van der Waals surface area contributed by atoms with Gasteiger partial charge in [0, 0.05) is 11.5 Å². The molecule has 0 bridgehead atoms. The van der Waals surface area contributed by atoms with Gasteiger partial charge >= 0.3 is 0 Å². The smallest absolute Gasteiger partial charge is 0.230 e. The van der Waals surface area contributed by atoms with Crippen molar-refractivity contribution >= 4 is 0 Å². The summed E-state index contributed by atoms with van der Waals surface area (Å²) >= 11 is 0. The Hall–Kier alpha value is -0.900. The van der Waals surface area contributed by atoms with Crippen LogP contribution in [0.1, 0.15) is 52.8 Å². The molecular weight excluding hydrogens is 190 g/mol. The number of hydrogen-bond donors (Lipinski definition) is 1. The number of nitrogens with zero attached hydrogens (tertiary/aromatic N) is 2. The van der Waals surface area contributed by atoms with Crippen LogP contribution in [0.15, 0.2) is 4.42 Å². The molecule has 1 rings (SSSR count). The molecule has 0 aromatic carbocycles. The SMILES string of the molecule is CCC(C)(C)c1nnc(CNC(C)C)o1. The first kappa shape index (κ1) is 12.2. The highest BCUT2D eigenvalue weighted by atomic mass is 16.4. The van der Waals surface area contributed by atoms with Gasteiger partial charge in [-0.3, -0.25) is 0 Å². The van der Waals surface area contributed by atoms with Gasteiger partial charge < -0.3 is 9.73 Å². The lowest BCUT2D eigenvalue weighted by Crippen LogP contribution is -2.22. The fourth-order valence-corrected chi connectivity index (χ4v) is 1.04. The summed E-state index contributed by atoms with van der Waals surface area (Å²) in [6.45, 7) is 11.2. The quantitative estimate of drug-likeness (QED) is 0.811. The van der Waals surface area contributed by atoms with Gasteiger partial charge in [0.1, 0.15) is 0 Å². The van der Waals surface area contributed by atoms with Gasteiger partial charge in [0.05, 0.1) is 6.54 Å². The molecule has 0 saturated carbocycles. The van der Waals surface area contributed by atoms with Gasteiger partial charge in [0.2, 0.25) is 11.8 Å². The first-order chi connectivity index (χ1) is 6.95. The van der Waals surface area contributed by atoms with Crippen LogP contribution in [-0.4, -0.2) is 16.2 Å². The molecule has 4 heteroatoms. The summed E-state index contributed by atoms with van der Waals surface area (Å²) in [5.41, 5.74) is -0.0247. The molecular formula is C11H21N3O. The summed E-state index contributed by atoms with van der Waals surface area (Å²) < 4.78 is 5.60. The van der Waals surface area contributed by atoms with E-state index in [9.17, 15) is 0 Å². The van der Waals surface area contributed by atoms with Crippen molar-refractivity contribution in [1.82, 2.24) is 15.5 Å². The van der Waals surface area contributed by atoms with Gasteiger partial charge in [-0.25, -0.2) is 0 Å². The molecule has 0 saturated heterocycles. The minimum Gasteiger partial charge on any atom is -0.423 e. The van der Waals surface area contributed by atoms with E-state index in [1.807, 2.05) is 0 Å². The maximum absolute atomic E-state index is 5.60. The van der Waals surface area contributed by atoms with Crippen LogP contribution in [0.2, 0.25) is 0 Å². The fourth-order valence-electron chi connectivity index (χ4n) is 1.04. The summed E-state index contributed by atoms with van der Waals surface area (Å²) in [6, 6.07) is 0.430. The lowest BCUT2D eigenvalue weighted by molar-refractivity contribution is 0.337. The third-order valence-corrected chi connectivity index (χ3v) is 2.59. The van der Waals surface area contributed by atoms with Gasteiger partial charge in [0.15, 0.2) is 0 Å². The van der Waals surface area contributed by atoms with Crippen LogP contribution in [0.25, 0.3) is 0 Å². The van der Waals surface area contributed by atoms with Crippen molar-refractivity contribution in [2.45, 2.75) is 59.0 Å². The van der Waals surface area contributed by atoms with Crippen molar-refractivity contribution < 1.29 is 4.42 Å². The molecule has 0 aliphatic carbocycles. The average Bonchev–Trinajstić information content (AvgIpc) is 2.63. The zero-order valence-corrected chi connectivity index (χ0v) is 10.3. The van der Waals surface area contributed by atoms with E-state index in [1.165, 1.54) is 0 Å². The summed E-state index contributed by atoms with van der Waals surface area (Å²) in [7, 11) is 0. The van der Waals surface area contributed by atoms with Crippen molar-refractivity contribution in [1.29, 1.82) is 0 Å². The first-order valence-electron chi connectivity index (χ1n) is 5.52. The maximum atomic E-state index is 5.60. The Bertz CT molecular complexity index is 305. The van der Waals surface area contributed by atoms with E-state index in [4.69, 9.17) is 4.42 Å². The zero-order chi connectivity index (χ0) is 11.5. The molecule has 0 radical (unpaired) electrons. The number of rotatable bonds is 5. The molecule has 0 amide bonds. The van der Waals surface area contributed by atoms with Crippen LogP contribution in [-0.2, 0) is 12.0 Å². The maximum Gasteiger partial charge on any atom is 0.230 e. The molecule has 1 aromatic rings. The molecule has 0 atom stereocenters. The van der Waals surface area contributed by atoms with E-state index < -0.39 is 0 Å². The van der Waals surface area contributed by atoms with Crippen LogP contribution in [0.4, 0.5) is 0 Å². The van der Waals surface area contributed by atoms with Crippen LogP contribution < -0.4 is 5.32 Å².